The van der Waals surface area contributed by atoms with E-state index in [1.165, 1.54) is 18.2 Å². The van der Waals surface area contributed by atoms with Gasteiger partial charge >= 0.3 is 5.88 Å². The number of ether oxygens (including phenoxy) is 1. The third kappa shape index (κ3) is 2.52. The molecule has 3 N–H and O–H groups in total. The van der Waals surface area contributed by atoms with Crippen LogP contribution in [0.25, 0.3) is 11.1 Å². The first-order valence-corrected chi connectivity index (χ1v) is 6.69. The summed E-state index contributed by atoms with van der Waals surface area (Å²) >= 11 is 6.05. The summed E-state index contributed by atoms with van der Waals surface area (Å²) in [6.07, 6.45) is 0. The lowest BCUT2D eigenvalue weighted by Gasteiger charge is -2.12. The fraction of sp³-hybridized carbons (Fsp3) is 0.133. The Hall–Kier alpha value is -2.83. The summed E-state index contributed by atoms with van der Waals surface area (Å²) < 4.78 is 19.5. The largest absolute Gasteiger partial charge is 0.462 e. The zero-order valence-electron chi connectivity index (χ0n) is 11.6. The first kappa shape index (κ1) is 15.6. The number of aromatic nitrogens is 1. The van der Waals surface area contributed by atoms with Gasteiger partial charge in [-0.15, -0.1) is 0 Å². The number of nitrogens with one attached hydrogen (secondary N) is 1. The second-order valence-corrected chi connectivity index (χ2v) is 4.65. The molecule has 0 fully saturated rings. The van der Waals surface area contributed by atoms with Gasteiger partial charge in [0.1, 0.15) is 23.5 Å². The van der Waals surface area contributed by atoms with Crippen LogP contribution in [-0.4, -0.2) is 6.61 Å². The molecule has 1 heterocycles. The highest BCUT2D eigenvalue weighted by atomic mass is 35.5. The van der Waals surface area contributed by atoms with Crippen molar-refractivity contribution >= 4 is 17.4 Å². The van der Waals surface area contributed by atoms with E-state index in [0.717, 1.165) is 0 Å². The molecule has 0 spiro atoms. The molecule has 7 heteroatoms. The van der Waals surface area contributed by atoms with E-state index in [4.69, 9.17) is 22.1 Å². The van der Waals surface area contributed by atoms with Crippen molar-refractivity contribution in [3.63, 3.8) is 0 Å². The lowest BCUT2D eigenvalue weighted by molar-refractivity contribution is -0.377. The molecular weight excluding hydrogens is 307 g/mol. The number of rotatable bonds is 3. The van der Waals surface area contributed by atoms with Crippen molar-refractivity contribution in [2.45, 2.75) is 6.92 Å². The maximum atomic E-state index is 14.2. The van der Waals surface area contributed by atoms with Gasteiger partial charge in [-0.2, -0.15) is 10.5 Å². The van der Waals surface area contributed by atoms with Crippen molar-refractivity contribution in [2.24, 2.45) is 0 Å². The monoisotopic (exact) mass is 317 g/mol. The van der Waals surface area contributed by atoms with Gasteiger partial charge in [-0.25, -0.2) is 9.37 Å². The molecular formula is C15H11ClFN4O+. The summed E-state index contributed by atoms with van der Waals surface area (Å²) in [4.78, 5) is 2.64. The molecule has 0 saturated carbocycles. The minimum atomic E-state index is -0.659. The van der Waals surface area contributed by atoms with Gasteiger partial charge in [0.2, 0.25) is 0 Å². The van der Waals surface area contributed by atoms with E-state index < -0.39 is 5.82 Å². The third-order valence-corrected chi connectivity index (χ3v) is 3.28. The van der Waals surface area contributed by atoms with Gasteiger partial charge in [-0.3, -0.25) is 5.73 Å². The van der Waals surface area contributed by atoms with Gasteiger partial charge < -0.3 is 4.74 Å². The van der Waals surface area contributed by atoms with E-state index in [-0.39, 0.29) is 45.6 Å². The normalized spacial score (nSPS) is 9.86. The van der Waals surface area contributed by atoms with Crippen molar-refractivity contribution in [3.8, 4) is 29.1 Å². The predicted molar refractivity (Wildman–Crippen MR) is 78.4 cm³/mol. The van der Waals surface area contributed by atoms with Crippen molar-refractivity contribution in [1.29, 1.82) is 10.5 Å². The number of aromatic amines is 1. The van der Waals surface area contributed by atoms with Gasteiger partial charge in [0.15, 0.2) is 5.56 Å². The average molecular weight is 318 g/mol. The Kier molecular flexibility index (Phi) is 4.45. The molecule has 0 unspecified atom stereocenters. The highest BCUT2D eigenvalue weighted by molar-refractivity contribution is 6.33. The smallest absolute Gasteiger partial charge is 0.301 e. The molecule has 110 valence electrons. The summed E-state index contributed by atoms with van der Waals surface area (Å²) in [5.41, 5.74) is 5.66. The van der Waals surface area contributed by atoms with Crippen LogP contribution in [0.1, 0.15) is 18.1 Å². The molecule has 0 aliphatic carbocycles. The first-order chi connectivity index (χ1) is 10.5. The van der Waals surface area contributed by atoms with Crippen LogP contribution in [0.2, 0.25) is 5.02 Å². The number of nitrogens with two attached hydrogens (primary N) is 1. The summed E-state index contributed by atoms with van der Waals surface area (Å²) in [5, 5.41) is 18.8. The number of benzene rings is 1. The predicted octanol–water partition coefficient (Wildman–Crippen LogP) is 2.68. The maximum Gasteiger partial charge on any atom is 0.301 e. The lowest BCUT2D eigenvalue weighted by atomic mass is 9.96. The molecule has 0 saturated heterocycles. The minimum absolute atomic E-state index is 0.0211. The number of anilines is 1. The second-order valence-electron chi connectivity index (χ2n) is 4.25. The summed E-state index contributed by atoms with van der Waals surface area (Å²) in [7, 11) is 0. The van der Waals surface area contributed by atoms with E-state index in [1.807, 2.05) is 12.1 Å². The van der Waals surface area contributed by atoms with Crippen molar-refractivity contribution in [2.75, 3.05) is 12.3 Å². The topological polar surface area (TPSA) is 97.0 Å². The van der Waals surface area contributed by atoms with Crippen LogP contribution < -0.4 is 15.5 Å². The number of nitrogen functional groups attached to an aromatic ring is 1. The average Bonchev–Trinajstić information content (AvgIpc) is 2.47. The van der Waals surface area contributed by atoms with Crippen LogP contribution in [-0.2, 0) is 0 Å². The number of pyridine rings is 1. The van der Waals surface area contributed by atoms with E-state index in [1.54, 1.807) is 6.92 Å². The highest BCUT2D eigenvalue weighted by Gasteiger charge is 2.27. The van der Waals surface area contributed by atoms with Crippen LogP contribution in [0.15, 0.2) is 18.2 Å². The summed E-state index contributed by atoms with van der Waals surface area (Å²) in [5.74, 6) is -0.622. The molecule has 0 bridgehead atoms. The Balaban J connectivity index is 2.96. The summed E-state index contributed by atoms with van der Waals surface area (Å²) in [6.45, 7) is 1.99. The molecule has 0 amide bonds. The standard InChI is InChI=1S/C15H10ClFN4O/c1-2-22-15-9(7-19)12(8(6-18)14(20)21-15)13-10(16)4-3-5-11(13)17/h3-5H,2H2,1H3,(H2,20,21)/p+1. The molecule has 22 heavy (non-hydrogen) atoms. The number of hydrogen-bond acceptors (Lipinski definition) is 4. The van der Waals surface area contributed by atoms with Crippen LogP contribution in [0.5, 0.6) is 5.88 Å². The Morgan fingerprint density at radius 3 is 2.50 bits per heavy atom. The van der Waals surface area contributed by atoms with Gasteiger partial charge in [-0.05, 0) is 19.1 Å². The quantitative estimate of drug-likeness (QED) is 0.941. The van der Waals surface area contributed by atoms with Gasteiger partial charge in [0.05, 0.1) is 11.6 Å². The number of nitriles is 2. The molecule has 1 aromatic heterocycles. The Bertz CT molecular complexity index is 804. The number of halogens is 2. The number of H-pyrrole nitrogens is 1. The molecule has 0 aliphatic rings. The van der Waals surface area contributed by atoms with Crippen LogP contribution in [0.3, 0.4) is 0 Å². The first-order valence-electron chi connectivity index (χ1n) is 6.31. The zero-order valence-corrected chi connectivity index (χ0v) is 12.3. The van der Waals surface area contributed by atoms with Gasteiger partial charge in [0, 0.05) is 11.1 Å². The van der Waals surface area contributed by atoms with Crippen molar-refractivity contribution in [3.05, 3.63) is 40.2 Å². The molecule has 0 atom stereocenters. The summed E-state index contributed by atoms with van der Waals surface area (Å²) in [6, 6.07) is 7.88. The molecule has 2 aromatic rings. The highest BCUT2D eigenvalue weighted by Crippen LogP contribution is 2.38. The van der Waals surface area contributed by atoms with Crippen LogP contribution in [0, 0.1) is 28.5 Å². The van der Waals surface area contributed by atoms with Crippen LogP contribution in [0.4, 0.5) is 10.2 Å². The van der Waals surface area contributed by atoms with Crippen molar-refractivity contribution < 1.29 is 14.1 Å². The zero-order chi connectivity index (χ0) is 16.3. The van der Waals surface area contributed by atoms with Gasteiger partial charge in [0.25, 0.3) is 5.82 Å². The third-order valence-electron chi connectivity index (χ3n) is 2.97. The van der Waals surface area contributed by atoms with E-state index in [0.29, 0.717) is 0 Å². The molecule has 0 radical (unpaired) electrons. The Labute approximate surface area is 131 Å². The fourth-order valence-electron chi connectivity index (χ4n) is 2.08. The van der Waals surface area contributed by atoms with E-state index >= 15 is 0 Å². The number of hydrogen-bond donors (Lipinski definition) is 1. The fourth-order valence-corrected chi connectivity index (χ4v) is 2.34. The van der Waals surface area contributed by atoms with E-state index in [9.17, 15) is 14.9 Å². The Morgan fingerprint density at radius 2 is 1.95 bits per heavy atom. The van der Waals surface area contributed by atoms with Gasteiger partial charge in [-0.1, -0.05) is 17.7 Å². The Morgan fingerprint density at radius 1 is 1.27 bits per heavy atom. The maximum absolute atomic E-state index is 14.2. The molecule has 2 rings (SSSR count). The molecule has 5 nitrogen and oxygen atoms in total. The van der Waals surface area contributed by atoms with E-state index in [2.05, 4.69) is 4.98 Å². The lowest BCUT2D eigenvalue weighted by Crippen LogP contribution is -2.19. The second kappa shape index (κ2) is 6.30. The number of nitrogens with zero attached hydrogens (tertiary/aromatic N) is 2. The SMILES string of the molecule is CCOc1[nH+]c(N)c(C#N)c(-c2c(F)cccc2Cl)c1C#N. The minimum Gasteiger partial charge on any atom is -0.462 e. The molecule has 1 aromatic carbocycles. The molecule has 0 aliphatic heterocycles. The van der Waals surface area contributed by atoms with Crippen molar-refractivity contribution in [1.82, 2.24) is 0 Å². The van der Waals surface area contributed by atoms with Crippen LogP contribution >= 0.6 is 11.6 Å².